The van der Waals surface area contributed by atoms with E-state index in [1.807, 2.05) is 24.6 Å². The summed E-state index contributed by atoms with van der Waals surface area (Å²) >= 11 is 0. The SMILES string of the molecule is C=CCNC(=NCc1nnc(C)n1C)NCC1(CCOCC)CCCC1. The molecule has 0 atom stereocenters. The van der Waals surface area contributed by atoms with E-state index in [9.17, 15) is 0 Å². The van der Waals surface area contributed by atoms with Gasteiger partial charge in [-0.25, -0.2) is 4.99 Å². The Morgan fingerprint density at radius 1 is 1.35 bits per heavy atom. The highest BCUT2D eigenvalue weighted by atomic mass is 16.5. The summed E-state index contributed by atoms with van der Waals surface area (Å²) in [5.74, 6) is 2.55. The zero-order valence-corrected chi connectivity index (χ0v) is 16.6. The molecule has 1 fully saturated rings. The van der Waals surface area contributed by atoms with Gasteiger partial charge < -0.3 is 19.9 Å². The summed E-state index contributed by atoms with van der Waals surface area (Å²) in [6.45, 7) is 11.5. The number of nitrogens with zero attached hydrogens (tertiary/aromatic N) is 4. The smallest absolute Gasteiger partial charge is 0.191 e. The largest absolute Gasteiger partial charge is 0.382 e. The van der Waals surface area contributed by atoms with Crippen molar-refractivity contribution in [2.24, 2.45) is 17.5 Å². The van der Waals surface area contributed by atoms with Crippen molar-refractivity contribution in [1.82, 2.24) is 25.4 Å². The third kappa shape index (κ3) is 5.83. The summed E-state index contributed by atoms with van der Waals surface area (Å²) < 4.78 is 7.58. The van der Waals surface area contributed by atoms with Crippen molar-refractivity contribution in [3.05, 3.63) is 24.3 Å². The van der Waals surface area contributed by atoms with Crippen LogP contribution < -0.4 is 10.6 Å². The third-order valence-corrected chi connectivity index (χ3v) is 5.25. The molecule has 1 aromatic rings. The topological polar surface area (TPSA) is 76.4 Å². The summed E-state index contributed by atoms with van der Waals surface area (Å²) in [5, 5.41) is 15.1. The van der Waals surface area contributed by atoms with Crippen molar-refractivity contribution >= 4 is 5.96 Å². The Morgan fingerprint density at radius 3 is 2.73 bits per heavy atom. The normalized spacial score (nSPS) is 16.7. The lowest BCUT2D eigenvalue weighted by molar-refractivity contribution is 0.105. The zero-order valence-electron chi connectivity index (χ0n) is 16.6. The maximum atomic E-state index is 5.61. The summed E-state index contributed by atoms with van der Waals surface area (Å²) in [4.78, 5) is 4.69. The Bertz CT molecular complexity index is 589. The first-order chi connectivity index (χ1) is 12.6. The molecule has 0 unspecified atom stereocenters. The van der Waals surface area contributed by atoms with Crippen LogP contribution in [0, 0.1) is 12.3 Å². The van der Waals surface area contributed by atoms with Crippen molar-refractivity contribution in [3.8, 4) is 0 Å². The minimum Gasteiger partial charge on any atom is -0.382 e. The highest BCUT2D eigenvalue weighted by molar-refractivity contribution is 5.79. The molecule has 0 bridgehead atoms. The monoisotopic (exact) mass is 362 g/mol. The first-order valence-electron chi connectivity index (χ1n) is 9.66. The van der Waals surface area contributed by atoms with Crippen LogP contribution in [0.5, 0.6) is 0 Å². The molecule has 1 aromatic heterocycles. The molecule has 2 N–H and O–H groups in total. The van der Waals surface area contributed by atoms with Crippen LogP contribution in [0.2, 0.25) is 0 Å². The van der Waals surface area contributed by atoms with E-state index in [0.29, 0.717) is 18.5 Å². The van der Waals surface area contributed by atoms with Gasteiger partial charge in [0.1, 0.15) is 12.4 Å². The molecule has 0 aliphatic heterocycles. The van der Waals surface area contributed by atoms with E-state index in [4.69, 9.17) is 4.74 Å². The lowest BCUT2D eigenvalue weighted by atomic mass is 9.83. The quantitative estimate of drug-likeness (QED) is 0.289. The fraction of sp³-hybridized carbons (Fsp3) is 0.737. The minimum absolute atomic E-state index is 0.313. The Labute approximate surface area is 157 Å². The number of aliphatic imine (C=N–C) groups is 1. The molecule has 7 heteroatoms. The van der Waals surface area contributed by atoms with E-state index >= 15 is 0 Å². The van der Waals surface area contributed by atoms with Crippen molar-refractivity contribution in [1.29, 1.82) is 0 Å². The lowest BCUT2D eigenvalue weighted by Gasteiger charge is -2.30. The van der Waals surface area contributed by atoms with E-state index < -0.39 is 0 Å². The minimum atomic E-state index is 0.313. The van der Waals surface area contributed by atoms with E-state index in [2.05, 4.69) is 39.3 Å². The van der Waals surface area contributed by atoms with Crippen molar-refractivity contribution in [3.63, 3.8) is 0 Å². The second-order valence-electron chi connectivity index (χ2n) is 7.06. The Kier molecular flexibility index (Phi) is 8.09. The van der Waals surface area contributed by atoms with Crippen molar-refractivity contribution in [2.75, 3.05) is 26.3 Å². The van der Waals surface area contributed by atoms with Gasteiger partial charge in [-0.1, -0.05) is 18.9 Å². The van der Waals surface area contributed by atoms with Gasteiger partial charge in [-0.05, 0) is 38.5 Å². The highest BCUT2D eigenvalue weighted by Crippen LogP contribution is 2.40. The van der Waals surface area contributed by atoms with E-state index in [-0.39, 0.29) is 0 Å². The Balaban J connectivity index is 1.97. The number of hydrogen-bond donors (Lipinski definition) is 2. The first-order valence-corrected chi connectivity index (χ1v) is 9.66. The molecule has 0 saturated heterocycles. The molecule has 1 saturated carbocycles. The standard InChI is InChI=1S/C19H34N6O/c1-5-12-20-18(21-14-17-24-23-16(3)25(17)4)22-15-19(9-7-8-10-19)11-13-26-6-2/h5H,1,6-15H2,2-4H3,(H2,20,21,22). The van der Waals surface area contributed by atoms with Gasteiger partial charge in [0.15, 0.2) is 11.8 Å². The molecule has 1 aliphatic carbocycles. The van der Waals surface area contributed by atoms with Crippen LogP contribution >= 0.6 is 0 Å². The number of guanidine groups is 1. The fourth-order valence-corrected chi connectivity index (χ4v) is 3.43. The molecule has 2 rings (SSSR count). The maximum absolute atomic E-state index is 5.61. The molecule has 7 nitrogen and oxygen atoms in total. The van der Waals surface area contributed by atoms with Gasteiger partial charge in [-0.15, -0.1) is 16.8 Å². The van der Waals surface area contributed by atoms with Gasteiger partial charge in [0.05, 0.1) is 0 Å². The first kappa shape index (κ1) is 20.4. The number of ether oxygens (including phenoxy) is 1. The van der Waals surface area contributed by atoms with Crippen LogP contribution in [-0.2, 0) is 18.3 Å². The Hall–Kier alpha value is -1.89. The number of aromatic nitrogens is 3. The van der Waals surface area contributed by atoms with Crippen LogP contribution in [0.4, 0.5) is 0 Å². The number of aryl methyl sites for hydroxylation is 1. The van der Waals surface area contributed by atoms with Gasteiger partial charge in [0.25, 0.3) is 0 Å². The summed E-state index contributed by atoms with van der Waals surface area (Å²) in [7, 11) is 1.96. The zero-order chi connectivity index (χ0) is 18.8. The van der Waals surface area contributed by atoms with Crippen LogP contribution in [-0.4, -0.2) is 47.0 Å². The van der Waals surface area contributed by atoms with Gasteiger partial charge in [-0.3, -0.25) is 0 Å². The lowest BCUT2D eigenvalue weighted by Crippen LogP contribution is -2.43. The van der Waals surface area contributed by atoms with Crippen LogP contribution in [0.25, 0.3) is 0 Å². The van der Waals surface area contributed by atoms with Crippen LogP contribution in [0.3, 0.4) is 0 Å². The molecule has 0 spiro atoms. The van der Waals surface area contributed by atoms with Crippen molar-refractivity contribution in [2.45, 2.75) is 52.5 Å². The second kappa shape index (κ2) is 10.3. The van der Waals surface area contributed by atoms with Gasteiger partial charge in [0, 0.05) is 33.4 Å². The second-order valence-corrected chi connectivity index (χ2v) is 7.06. The molecular weight excluding hydrogens is 328 g/mol. The number of rotatable bonds is 10. The maximum Gasteiger partial charge on any atom is 0.191 e. The molecule has 0 radical (unpaired) electrons. The predicted molar refractivity (Wildman–Crippen MR) is 105 cm³/mol. The predicted octanol–water partition coefficient (Wildman–Crippen LogP) is 2.33. The molecule has 0 aromatic carbocycles. The van der Waals surface area contributed by atoms with Gasteiger partial charge in [0.2, 0.25) is 0 Å². The molecule has 146 valence electrons. The average Bonchev–Trinajstić information content (AvgIpc) is 3.23. The molecular formula is C19H34N6O. The highest BCUT2D eigenvalue weighted by Gasteiger charge is 2.33. The number of hydrogen-bond acceptors (Lipinski definition) is 4. The molecule has 1 heterocycles. The third-order valence-electron chi connectivity index (χ3n) is 5.25. The van der Waals surface area contributed by atoms with Gasteiger partial charge in [-0.2, -0.15) is 0 Å². The van der Waals surface area contributed by atoms with E-state index in [0.717, 1.165) is 43.8 Å². The van der Waals surface area contributed by atoms with Crippen LogP contribution in [0.1, 0.15) is 50.7 Å². The summed E-state index contributed by atoms with van der Waals surface area (Å²) in [5.41, 5.74) is 0.313. The number of nitrogens with one attached hydrogen (secondary N) is 2. The fourth-order valence-electron chi connectivity index (χ4n) is 3.43. The molecule has 26 heavy (non-hydrogen) atoms. The van der Waals surface area contributed by atoms with E-state index in [1.54, 1.807) is 0 Å². The molecule has 0 amide bonds. The summed E-state index contributed by atoms with van der Waals surface area (Å²) in [6.07, 6.45) is 8.06. The van der Waals surface area contributed by atoms with Crippen molar-refractivity contribution < 1.29 is 4.74 Å². The van der Waals surface area contributed by atoms with Gasteiger partial charge >= 0.3 is 0 Å². The van der Waals surface area contributed by atoms with E-state index in [1.165, 1.54) is 25.7 Å². The molecule has 1 aliphatic rings. The Morgan fingerprint density at radius 2 is 2.12 bits per heavy atom. The summed E-state index contributed by atoms with van der Waals surface area (Å²) in [6, 6.07) is 0. The average molecular weight is 363 g/mol. The van der Waals surface area contributed by atoms with Crippen LogP contribution in [0.15, 0.2) is 17.6 Å².